The van der Waals surface area contributed by atoms with Crippen molar-refractivity contribution in [2.45, 2.75) is 13.0 Å². The molecule has 0 aliphatic carbocycles. The van der Waals surface area contributed by atoms with Crippen molar-refractivity contribution in [2.75, 3.05) is 5.32 Å². The van der Waals surface area contributed by atoms with E-state index in [4.69, 9.17) is 0 Å². The predicted molar refractivity (Wildman–Crippen MR) is 79.3 cm³/mol. The summed E-state index contributed by atoms with van der Waals surface area (Å²) in [7, 11) is 0. The second-order valence-electron chi connectivity index (χ2n) is 4.91. The summed E-state index contributed by atoms with van der Waals surface area (Å²) in [6, 6.07) is 10.7. The van der Waals surface area contributed by atoms with Gasteiger partial charge >= 0.3 is 0 Å². The molecule has 22 heavy (non-hydrogen) atoms. The van der Waals surface area contributed by atoms with Crippen LogP contribution in [0.1, 0.15) is 27.6 Å². The van der Waals surface area contributed by atoms with Gasteiger partial charge in [0.05, 0.1) is 11.1 Å². The predicted octanol–water partition coefficient (Wildman–Crippen LogP) is 1.70. The number of nitrogens with one attached hydrogen (secondary N) is 1. The maximum atomic E-state index is 12.3. The second kappa shape index (κ2) is 5.40. The van der Waals surface area contributed by atoms with Gasteiger partial charge in [-0.15, -0.1) is 0 Å². The minimum atomic E-state index is -0.922. The molecule has 6 nitrogen and oxygen atoms in total. The zero-order valence-corrected chi connectivity index (χ0v) is 11.8. The van der Waals surface area contributed by atoms with Crippen LogP contribution in [0.3, 0.4) is 0 Å². The summed E-state index contributed by atoms with van der Waals surface area (Å²) < 4.78 is 0. The SMILES string of the molecule is C[C@@H](C(=O)Nc1ccccn1)N1C(=O)c2ccccc2C1=O. The zero-order chi connectivity index (χ0) is 15.7. The van der Waals surface area contributed by atoms with Gasteiger partial charge in [0.25, 0.3) is 11.8 Å². The molecule has 0 spiro atoms. The van der Waals surface area contributed by atoms with E-state index in [0.717, 1.165) is 4.90 Å². The second-order valence-corrected chi connectivity index (χ2v) is 4.91. The fourth-order valence-electron chi connectivity index (χ4n) is 2.34. The van der Waals surface area contributed by atoms with E-state index in [-0.39, 0.29) is 0 Å². The van der Waals surface area contributed by atoms with Gasteiger partial charge < -0.3 is 5.32 Å². The molecular formula is C16H13N3O3. The quantitative estimate of drug-likeness (QED) is 0.874. The van der Waals surface area contributed by atoms with Gasteiger partial charge in [-0.1, -0.05) is 18.2 Å². The van der Waals surface area contributed by atoms with Crippen molar-refractivity contribution in [3.05, 3.63) is 59.8 Å². The molecule has 6 heteroatoms. The molecule has 110 valence electrons. The number of imide groups is 1. The highest BCUT2D eigenvalue weighted by Crippen LogP contribution is 2.24. The summed E-state index contributed by atoms with van der Waals surface area (Å²) in [6.45, 7) is 1.51. The lowest BCUT2D eigenvalue weighted by molar-refractivity contribution is -0.119. The van der Waals surface area contributed by atoms with Crippen molar-refractivity contribution >= 4 is 23.5 Å². The number of anilines is 1. The molecule has 2 heterocycles. The number of fused-ring (bicyclic) bond motifs is 1. The number of pyridine rings is 1. The molecule has 1 atom stereocenters. The van der Waals surface area contributed by atoms with Crippen LogP contribution >= 0.6 is 0 Å². The van der Waals surface area contributed by atoms with Gasteiger partial charge in [-0.25, -0.2) is 4.98 Å². The van der Waals surface area contributed by atoms with Gasteiger partial charge in [0.2, 0.25) is 5.91 Å². The number of nitrogens with zero attached hydrogens (tertiary/aromatic N) is 2. The van der Waals surface area contributed by atoms with Crippen LogP contribution in [0.2, 0.25) is 0 Å². The van der Waals surface area contributed by atoms with Crippen molar-refractivity contribution in [3.63, 3.8) is 0 Å². The molecule has 2 aromatic rings. The Morgan fingerprint density at radius 1 is 1.05 bits per heavy atom. The maximum Gasteiger partial charge on any atom is 0.262 e. The molecule has 1 aliphatic rings. The Kier molecular flexibility index (Phi) is 3.42. The number of rotatable bonds is 3. The number of hydrogen-bond acceptors (Lipinski definition) is 4. The van der Waals surface area contributed by atoms with E-state index < -0.39 is 23.8 Å². The van der Waals surface area contributed by atoms with E-state index in [1.807, 2.05) is 0 Å². The number of benzene rings is 1. The van der Waals surface area contributed by atoms with E-state index in [9.17, 15) is 14.4 Å². The molecule has 1 aliphatic heterocycles. The standard InChI is InChI=1S/C16H13N3O3/c1-10(14(20)18-13-8-4-5-9-17-13)19-15(21)11-6-2-3-7-12(11)16(19)22/h2-10H,1H3,(H,17,18,20)/t10-/m0/s1. The van der Waals surface area contributed by atoms with Crippen LogP contribution in [0.25, 0.3) is 0 Å². The van der Waals surface area contributed by atoms with E-state index >= 15 is 0 Å². The summed E-state index contributed by atoms with van der Waals surface area (Å²) >= 11 is 0. The molecule has 0 bridgehead atoms. The average Bonchev–Trinajstić information content (AvgIpc) is 2.79. The van der Waals surface area contributed by atoms with E-state index in [0.29, 0.717) is 16.9 Å². The molecule has 3 amide bonds. The molecule has 0 fully saturated rings. The highest BCUT2D eigenvalue weighted by molar-refractivity contribution is 6.23. The van der Waals surface area contributed by atoms with Crippen molar-refractivity contribution in [2.24, 2.45) is 0 Å². The lowest BCUT2D eigenvalue weighted by Crippen LogP contribution is -2.45. The van der Waals surface area contributed by atoms with Gasteiger partial charge in [0.15, 0.2) is 0 Å². The number of amides is 3. The molecular weight excluding hydrogens is 282 g/mol. The number of aromatic nitrogens is 1. The molecule has 1 aromatic carbocycles. The number of hydrogen-bond donors (Lipinski definition) is 1. The fourth-order valence-corrected chi connectivity index (χ4v) is 2.34. The summed E-state index contributed by atoms with van der Waals surface area (Å²) in [5.74, 6) is -1.00. The summed E-state index contributed by atoms with van der Waals surface area (Å²) in [4.78, 5) is 41.8. The summed E-state index contributed by atoms with van der Waals surface area (Å²) in [5.41, 5.74) is 0.648. The van der Waals surface area contributed by atoms with Crippen LogP contribution in [0.15, 0.2) is 48.7 Å². The van der Waals surface area contributed by atoms with Gasteiger partial charge in [-0.05, 0) is 31.2 Å². The van der Waals surface area contributed by atoms with Crippen LogP contribution in [0.4, 0.5) is 5.82 Å². The first-order chi connectivity index (χ1) is 10.6. The maximum absolute atomic E-state index is 12.3. The highest BCUT2D eigenvalue weighted by atomic mass is 16.2. The van der Waals surface area contributed by atoms with Gasteiger partial charge in [0, 0.05) is 6.20 Å². The Labute approximate surface area is 126 Å². The third-order valence-corrected chi connectivity index (χ3v) is 3.51. The van der Waals surface area contributed by atoms with Gasteiger partial charge in [-0.3, -0.25) is 19.3 Å². The first kappa shape index (κ1) is 13.9. The number of carbonyl (C=O) groups is 3. The molecule has 0 unspecified atom stereocenters. The van der Waals surface area contributed by atoms with Crippen LogP contribution in [-0.4, -0.2) is 33.6 Å². The molecule has 3 rings (SSSR count). The first-order valence-corrected chi connectivity index (χ1v) is 6.78. The van der Waals surface area contributed by atoms with Gasteiger partial charge in [0.1, 0.15) is 11.9 Å². The smallest absolute Gasteiger partial charge is 0.262 e. The first-order valence-electron chi connectivity index (χ1n) is 6.78. The molecule has 0 saturated carbocycles. The molecule has 1 N–H and O–H groups in total. The van der Waals surface area contributed by atoms with Crippen molar-refractivity contribution in [3.8, 4) is 0 Å². The summed E-state index contributed by atoms with van der Waals surface area (Å²) in [6.07, 6.45) is 1.54. The van der Waals surface area contributed by atoms with Crippen LogP contribution in [0, 0.1) is 0 Å². The minimum absolute atomic E-state index is 0.324. The lowest BCUT2D eigenvalue weighted by Gasteiger charge is -2.21. The van der Waals surface area contributed by atoms with E-state index in [1.165, 1.54) is 6.92 Å². The summed E-state index contributed by atoms with van der Waals surface area (Å²) in [5, 5.41) is 2.59. The monoisotopic (exact) mass is 295 g/mol. The van der Waals surface area contributed by atoms with Crippen molar-refractivity contribution in [1.29, 1.82) is 0 Å². The Morgan fingerprint density at radius 2 is 1.64 bits per heavy atom. The fraction of sp³-hybridized carbons (Fsp3) is 0.125. The molecule has 0 saturated heterocycles. The van der Waals surface area contributed by atoms with Crippen LogP contribution in [0.5, 0.6) is 0 Å². The molecule has 1 aromatic heterocycles. The van der Waals surface area contributed by atoms with Gasteiger partial charge in [-0.2, -0.15) is 0 Å². The zero-order valence-electron chi connectivity index (χ0n) is 11.8. The van der Waals surface area contributed by atoms with Crippen molar-refractivity contribution in [1.82, 2.24) is 9.88 Å². The average molecular weight is 295 g/mol. The Balaban J connectivity index is 1.81. The largest absolute Gasteiger partial charge is 0.309 e. The lowest BCUT2D eigenvalue weighted by atomic mass is 10.1. The van der Waals surface area contributed by atoms with E-state index in [2.05, 4.69) is 10.3 Å². The topological polar surface area (TPSA) is 79.4 Å². The third kappa shape index (κ3) is 2.24. The Morgan fingerprint density at radius 3 is 2.18 bits per heavy atom. The van der Waals surface area contributed by atoms with Crippen LogP contribution in [-0.2, 0) is 4.79 Å². The number of carbonyl (C=O) groups excluding carboxylic acids is 3. The van der Waals surface area contributed by atoms with Crippen LogP contribution < -0.4 is 5.32 Å². The minimum Gasteiger partial charge on any atom is -0.309 e. The highest BCUT2D eigenvalue weighted by Gasteiger charge is 2.40. The normalized spacial score (nSPS) is 14.7. The van der Waals surface area contributed by atoms with Crippen molar-refractivity contribution < 1.29 is 14.4 Å². The Bertz CT molecular complexity index is 723. The Hall–Kier alpha value is -3.02. The third-order valence-electron chi connectivity index (χ3n) is 3.51. The molecule has 0 radical (unpaired) electrons. The van der Waals surface area contributed by atoms with E-state index in [1.54, 1.807) is 48.7 Å².